The first-order valence-corrected chi connectivity index (χ1v) is 7.08. The van der Waals surface area contributed by atoms with Gasteiger partial charge < -0.3 is 15.3 Å². The number of nitrogens with one attached hydrogen (secondary N) is 1. The molecule has 6 heteroatoms. The summed E-state index contributed by atoms with van der Waals surface area (Å²) in [6.45, 7) is 4.90. The zero-order valence-corrected chi connectivity index (χ0v) is 12.4. The van der Waals surface area contributed by atoms with Crippen LogP contribution in [0.15, 0.2) is 18.3 Å². The molecule has 21 heavy (non-hydrogen) atoms. The number of amides is 2. The van der Waals surface area contributed by atoms with Gasteiger partial charge in [0, 0.05) is 37.9 Å². The minimum atomic E-state index is -0.846. The number of carbonyl (C=O) groups is 2. The molecule has 0 aliphatic carbocycles. The maximum absolute atomic E-state index is 12.0. The van der Waals surface area contributed by atoms with Crippen molar-refractivity contribution in [2.45, 2.75) is 26.7 Å². The summed E-state index contributed by atoms with van der Waals surface area (Å²) in [5, 5.41) is 12.0. The van der Waals surface area contributed by atoms with Crippen molar-refractivity contribution in [1.82, 2.24) is 15.2 Å². The highest BCUT2D eigenvalue weighted by Gasteiger charge is 2.42. The van der Waals surface area contributed by atoms with E-state index in [-0.39, 0.29) is 12.6 Å². The highest BCUT2D eigenvalue weighted by atomic mass is 16.4. The second kappa shape index (κ2) is 6.11. The molecule has 0 saturated carbocycles. The number of aromatic nitrogens is 1. The normalized spacial score (nSPS) is 21.3. The summed E-state index contributed by atoms with van der Waals surface area (Å²) in [5.74, 6) is -0.846. The van der Waals surface area contributed by atoms with Crippen LogP contribution in [-0.2, 0) is 11.2 Å². The molecule has 1 aromatic heterocycles. The molecule has 1 aromatic rings. The van der Waals surface area contributed by atoms with Crippen LogP contribution in [0.5, 0.6) is 0 Å². The second-order valence-electron chi connectivity index (χ2n) is 5.85. The zero-order valence-electron chi connectivity index (χ0n) is 12.4. The van der Waals surface area contributed by atoms with E-state index < -0.39 is 11.4 Å². The molecule has 1 aliphatic heterocycles. The van der Waals surface area contributed by atoms with Crippen molar-refractivity contribution in [2.24, 2.45) is 5.41 Å². The summed E-state index contributed by atoms with van der Waals surface area (Å²) < 4.78 is 0. The number of likely N-dealkylation sites (tertiary alicyclic amines) is 1. The Balaban J connectivity index is 1.78. The Hall–Kier alpha value is -2.11. The van der Waals surface area contributed by atoms with Crippen molar-refractivity contribution >= 4 is 12.0 Å². The Morgan fingerprint density at radius 1 is 1.48 bits per heavy atom. The number of carboxylic acid groups (broad SMARTS) is 1. The van der Waals surface area contributed by atoms with Gasteiger partial charge in [0.2, 0.25) is 0 Å². The number of pyridine rings is 1. The Labute approximate surface area is 124 Å². The van der Waals surface area contributed by atoms with Crippen molar-refractivity contribution in [2.75, 3.05) is 19.6 Å². The van der Waals surface area contributed by atoms with Crippen molar-refractivity contribution in [1.29, 1.82) is 0 Å². The van der Waals surface area contributed by atoms with E-state index in [1.807, 2.05) is 19.1 Å². The minimum absolute atomic E-state index is 0.202. The van der Waals surface area contributed by atoms with Crippen LogP contribution in [0.2, 0.25) is 0 Å². The number of hydrogen-bond donors (Lipinski definition) is 2. The van der Waals surface area contributed by atoms with E-state index in [0.29, 0.717) is 25.9 Å². The Morgan fingerprint density at radius 3 is 2.81 bits per heavy atom. The number of hydrogen-bond acceptors (Lipinski definition) is 3. The lowest BCUT2D eigenvalue weighted by atomic mass is 9.90. The van der Waals surface area contributed by atoms with Crippen LogP contribution < -0.4 is 5.32 Å². The Bertz CT molecular complexity index is 529. The summed E-state index contributed by atoms with van der Waals surface area (Å²) >= 11 is 0. The van der Waals surface area contributed by atoms with E-state index in [1.54, 1.807) is 18.0 Å². The molecule has 1 fully saturated rings. The second-order valence-corrected chi connectivity index (χ2v) is 5.85. The van der Waals surface area contributed by atoms with Gasteiger partial charge in [-0.1, -0.05) is 6.07 Å². The third-order valence-electron chi connectivity index (χ3n) is 3.91. The van der Waals surface area contributed by atoms with Crippen LogP contribution in [0.3, 0.4) is 0 Å². The first-order valence-electron chi connectivity index (χ1n) is 7.08. The predicted molar refractivity (Wildman–Crippen MR) is 78.0 cm³/mol. The average Bonchev–Trinajstić information content (AvgIpc) is 2.85. The van der Waals surface area contributed by atoms with Gasteiger partial charge in [-0.3, -0.25) is 9.78 Å². The molecule has 0 radical (unpaired) electrons. The summed E-state index contributed by atoms with van der Waals surface area (Å²) in [6, 6.07) is 3.73. The molecule has 1 unspecified atom stereocenters. The first kappa shape index (κ1) is 15.3. The molecule has 2 amide bonds. The number of aliphatic carboxylic acids is 1. The standard InChI is InChI=1S/C15H21N3O3/c1-11-3-4-12(17-9-11)5-7-16-14(21)18-8-6-15(2,10-18)13(19)20/h3-4,9H,5-8,10H2,1-2H3,(H,16,21)(H,19,20). The van der Waals surface area contributed by atoms with E-state index in [2.05, 4.69) is 10.3 Å². The molecule has 6 nitrogen and oxygen atoms in total. The largest absolute Gasteiger partial charge is 0.481 e. The van der Waals surface area contributed by atoms with E-state index in [1.165, 1.54) is 0 Å². The fourth-order valence-corrected chi connectivity index (χ4v) is 2.36. The quantitative estimate of drug-likeness (QED) is 0.879. The van der Waals surface area contributed by atoms with Crippen molar-refractivity contribution in [3.8, 4) is 0 Å². The summed E-state index contributed by atoms with van der Waals surface area (Å²) in [6.07, 6.45) is 2.96. The van der Waals surface area contributed by atoms with Crippen LogP contribution in [0, 0.1) is 12.3 Å². The average molecular weight is 291 g/mol. The van der Waals surface area contributed by atoms with Gasteiger partial charge >= 0.3 is 12.0 Å². The number of carboxylic acids is 1. The molecule has 1 saturated heterocycles. The van der Waals surface area contributed by atoms with Gasteiger partial charge in [0.15, 0.2) is 0 Å². The topological polar surface area (TPSA) is 82.5 Å². The van der Waals surface area contributed by atoms with Crippen LogP contribution in [0.25, 0.3) is 0 Å². The van der Waals surface area contributed by atoms with Crippen LogP contribution >= 0.6 is 0 Å². The monoisotopic (exact) mass is 291 g/mol. The summed E-state index contributed by atoms with van der Waals surface area (Å²) in [7, 11) is 0. The van der Waals surface area contributed by atoms with E-state index >= 15 is 0 Å². The molecule has 2 N–H and O–H groups in total. The van der Waals surface area contributed by atoms with Gasteiger partial charge in [-0.15, -0.1) is 0 Å². The van der Waals surface area contributed by atoms with E-state index in [9.17, 15) is 9.59 Å². The van der Waals surface area contributed by atoms with Crippen LogP contribution in [-0.4, -0.2) is 46.6 Å². The van der Waals surface area contributed by atoms with Gasteiger partial charge in [-0.25, -0.2) is 4.79 Å². The number of carbonyl (C=O) groups excluding carboxylic acids is 1. The van der Waals surface area contributed by atoms with Crippen molar-refractivity contribution < 1.29 is 14.7 Å². The van der Waals surface area contributed by atoms with E-state index in [4.69, 9.17) is 5.11 Å². The number of nitrogens with zero attached hydrogens (tertiary/aromatic N) is 2. The number of aryl methyl sites for hydroxylation is 1. The molecular weight excluding hydrogens is 270 g/mol. The minimum Gasteiger partial charge on any atom is -0.481 e. The fraction of sp³-hybridized carbons (Fsp3) is 0.533. The Morgan fingerprint density at radius 2 is 2.24 bits per heavy atom. The van der Waals surface area contributed by atoms with Crippen molar-refractivity contribution in [3.63, 3.8) is 0 Å². The maximum atomic E-state index is 12.0. The molecule has 2 heterocycles. The number of rotatable bonds is 4. The zero-order chi connectivity index (χ0) is 15.5. The fourth-order valence-electron chi connectivity index (χ4n) is 2.36. The molecule has 114 valence electrons. The van der Waals surface area contributed by atoms with Crippen LogP contribution in [0.1, 0.15) is 24.6 Å². The first-order chi connectivity index (χ1) is 9.90. The molecular formula is C15H21N3O3. The lowest BCUT2D eigenvalue weighted by Crippen LogP contribution is -2.41. The molecule has 0 spiro atoms. The summed E-state index contributed by atoms with van der Waals surface area (Å²) in [5.41, 5.74) is 1.21. The third kappa shape index (κ3) is 3.71. The molecule has 1 aliphatic rings. The summed E-state index contributed by atoms with van der Waals surface area (Å²) in [4.78, 5) is 29.0. The molecule has 0 bridgehead atoms. The smallest absolute Gasteiger partial charge is 0.317 e. The molecule has 0 aromatic carbocycles. The number of urea groups is 1. The lowest BCUT2D eigenvalue weighted by Gasteiger charge is -2.20. The molecule has 2 rings (SSSR count). The van der Waals surface area contributed by atoms with Gasteiger partial charge in [0.25, 0.3) is 0 Å². The predicted octanol–water partition coefficient (Wildman–Crippen LogP) is 1.44. The molecule has 1 atom stereocenters. The third-order valence-corrected chi connectivity index (χ3v) is 3.91. The highest BCUT2D eigenvalue weighted by Crippen LogP contribution is 2.29. The Kier molecular flexibility index (Phi) is 4.45. The van der Waals surface area contributed by atoms with Crippen molar-refractivity contribution in [3.05, 3.63) is 29.6 Å². The van der Waals surface area contributed by atoms with Gasteiger partial charge in [-0.05, 0) is 31.9 Å². The maximum Gasteiger partial charge on any atom is 0.317 e. The van der Waals surface area contributed by atoms with Gasteiger partial charge in [-0.2, -0.15) is 0 Å². The lowest BCUT2D eigenvalue weighted by molar-refractivity contribution is -0.146. The van der Waals surface area contributed by atoms with E-state index in [0.717, 1.165) is 11.3 Å². The van der Waals surface area contributed by atoms with Gasteiger partial charge in [0.05, 0.1) is 5.41 Å². The van der Waals surface area contributed by atoms with Crippen LogP contribution in [0.4, 0.5) is 4.79 Å². The van der Waals surface area contributed by atoms with Gasteiger partial charge in [0.1, 0.15) is 0 Å². The highest BCUT2D eigenvalue weighted by molar-refractivity contribution is 5.79. The SMILES string of the molecule is Cc1ccc(CCNC(=O)N2CCC(C)(C(=O)O)C2)nc1.